The summed E-state index contributed by atoms with van der Waals surface area (Å²) < 4.78 is 14.2. The first-order valence-electron chi connectivity index (χ1n) is 5.54. The lowest BCUT2D eigenvalue weighted by atomic mass is 10.1. The molecule has 1 aromatic rings. The molecule has 1 aliphatic rings. The minimum atomic E-state index is -0.576. The van der Waals surface area contributed by atoms with Crippen LogP contribution in [0.1, 0.15) is 29.6 Å². The van der Waals surface area contributed by atoms with E-state index in [2.05, 4.69) is 15.9 Å². The van der Waals surface area contributed by atoms with Gasteiger partial charge in [-0.05, 0) is 47.3 Å². The van der Waals surface area contributed by atoms with Crippen LogP contribution in [0.2, 0.25) is 5.02 Å². The molecule has 0 aromatic heterocycles. The Morgan fingerprint density at radius 3 is 2.59 bits per heavy atom. The number of piperidine rings is 1. The molecule has 0 atom stereocenters. The second kappa shape index (κ2) is 5.36. The average molecular weight is 321 g/mol. The largest absolute Gasteiger partial charge is 0.339 e. The minimum absolute atomic E-state index is 0.0251. The Morgan fingerprint density at radius 1 is 1.29 bits per heavy atom. The van der Waals surface area contributed by atoms with E-state index < -0.39 is 5.82 Å². The summed E-state index contributed by atoms with van der Waals surface area (Å²) in [6, 6.07) is 3.04. The highest BCUT2D eigenvalue weighted by atomic mass is 79.9. The molecule has 0 spiro atoms. The maximum atomic E-state index is 13.9. The van der Waals surface area contributed by atoms with Gasteiger partial charge in [-0.3, -0.25) is 4.79 Å². The van der Waals surface area contributed by atoms with Crippen LogP contribution in [0.5, 0.6) is 0 Å². The van der Waals surface area contributed by atoms with Crippen molar-refractivity contribution in [2.24, 2.45) is 0 Å². The summed E-state index contributed by atoms with van der Waals surface area (Å²) in [6.45, 7) is 1.36. The number of carbonyl (C=O) groups is 1. The van der Waals surface area contributed by atoms with E-state index in [0.29, 0.717) is 13.1 Å². The summed E-state index contributed by atoms with van der Waals surface area (Å²) in [7, 11) is 0. The SMILES string of the molecule is O=C(c1c(Cl)ccc(Br)c1F)N1CCCCC1. The molecule has 0 aliphatic carbocycles. The van der Waals surface area contributed by atoms with E-state index in [4.69, 9.17) is 11.6 Å². The molecule has 0 unspecified atom stereocenters. The molecule has 92 valence electrons. The monoisotopic (exact) mass is 319 g/mol. The molecule has 1 aromatic carbocycles. The molecule has 0 saturated carbocycles. The minimum Gasteiger partial charge on any atom is -0.339 e. The zero-order valence-corrected chi connectivity index (χ0v) is 11.5. The number of rotatable bonds is 1. The van der Waals surface area contributed by atoms with E-state index in [9.17, 15) is 9.18 Å². The van der Waals surface area contributed by atoms with E-state index in [1.807, 2.05) is 0 Å². The quantitative estimate of drug-likeness (QED) is 0.719. The van der Waals surface area contributed by atoms with E-state index in [1.54, 1.807) is 4.90 Å². The number of amides is 1. The van der Waals surface area contributed by atoms with Crippen LogP contribution >= 0.6 is 27.5 Å². The first-order valence-corrected chi connectivity index (χ1v) is 6.71. The Labute approximate surface area is 113 Å². The van der Waals surface area contributed by atoms with E-state index in [1.165, 1.54) is 12.1 Å². The predicted molar refractivity (Wildman–Crippen MR) is 68.9 cm³/mol. The lowest BCUT2D eigenvalue weighted by molar-refractivity contribution is 0.0719. The Bertz CT molecular complexity index is 446. The average Bonchev–Trinajstić information content (AvgIpc) is 2.35. The van der Waals surface area contributed by atoms with E-state index in [0.717, 1.165) is 19.3 Å². The van der Waals surface area contributed by atoms with Gasteiger partial charge in [-0.1, -0.05) is 11.6 Å². The summed E-state index contributed by atoms with van der Waals surface area (Å²) in [5.74, 6) is -0.887. The first kappa shape index (κ1) is 12.8. The van der Waals surface area contributed by atoms with Crippen LogP contribution in [-0.2, 0) is 0 Å². The zero-order valence-electron chi connectivity index (χ0n) is 9.18. The third-order valence-electron chi connectivity index (χ3n) is 2.90. The standard InChI is InChI=1S/C12H12BrClFNO/c13-8-4-5-9(14)10(11(8)15)12(17)16-6-2-1-3-7-16/h4-5H,1-3,6-7H2. The Balaban J connectivity index is 2.32. The van der Waals surface area contributed by atoms with Crippen LogP contribution in [0.25, 0.3) is 0 Å². The van der Waals surface area contributed by atoms with Crippen molar-refractivity contribution in [3.63, 3.8) is 0 Å². The normalized spacial score (nSPS) is 16.1. The molecular formula is C12H12BrClFNO. The molecule has 5 heteroatoms. The van der Waals surface area contributed by atoms with Crippen LogP contribution in [0.15, 0.2) is 16.6 Å². The number of nitrogens with zero attached hydrogens (tertiary/aromatic N) is 1. The predicted octanol–water partition coefficient (Wildman–Crippen LogP) is 3.87. The van der Waals surface area contributed by atoms with Crippen molar-refractivity contribution in [3.05, 3.63) is 33.0 Å². The lowest BCUT2D eigenvalue weighted by Gasteiger charge is -2.27. The van der Waals surface area contributed by atoms with Gasteiger partial charge in [-0.25, -0.2) is 4.39 Å². The van der Waals surface area contributed by atoms with Gasteiger partial charge in [-0.2, -0.15) is 0 Å². The lowest BCUT2D eigenvalue weighted by Crippen LogP contribution is -2.36. The first-order chi connectivity index (χ1) is 8.11. The van der Waals surface area contributed by atoms with Gasteiger partial charge in [0, 0.05) is 13.1 Å². The highest BCUT2D eigenvalue weighted by Crippen LogP contribution is 2.27. The summed E-state index contributed by atoms with van der Waals surface area (Å²) in [5.41, 5.74) is -0.0251. The number of hydrogen-bond donors (Lipinski definition) is 0. The van der Waals surface area contributed by atoms with Gasteiger partial charge in [0.1, 0.15) is 0 Å². The second-order valence-corrected chi connectivity index (χ2v) is 5.33. The molecule has 1 fully saturated rings. The van der Waals surface area contributed by atoms with Gasteiger partial charge in [0.05, 0.1) is 15.1 Å². The Hall–Kier alpha value is -0.610. The van der Waals surface area contributed by atoms with Crippen molar-refractivity contribution >= 4 is 33.4 Å². The fourth-order valence-electron chi connectivity index (χ4n) is 1.98. The fraction of sp³-hybridized carbons (Fsp3) is 0.417. The molecule has 17 heavy (non-hydrogen) atoms. The number of halogens is 3. The van der Waals surface area contributed by atoms with Gasteiger partial charge in [0.25, 0.3) is 5.91 Å². The van der Waals surface area contributed by atoms with Crippen LogP contribution in [0, 0.1) is 5.82 Å². The van der Waals surface area contributed by atoms with Crippen molar-refractivity contribution in [1.82, 2.24) is 4.90 Å². The van der Waals surface area contributed by atoms with Crippen molar-refractivity contribution in [3.8, 4) is 0 Å². The molecule has 2 rings (SSSR count). The highest BCUT2D eigenvalue weighted by Gasteiger charge is 2.24. The topological polar surface area (TPSA) is 20.3 Å². The van der Waals surface area contributed by atoms with E-state index in [-0.39, 0.29) is 21.0 Å². The molecular weight excluding hydrogens is 308 g/mol. The highest BCUT2D eigenvalue weighted by molar-refractivity contribution is 9.10. The van der Waals surface area contributed by atoms with Gasteiger partial charge < -0.3 is 4.90 Å². The summed E-state index contributed by atoms with van der Waals surface area (Å²) >= 11 is 8.98. The molecule has 0 bridgehead atoms. The number of likely N-dealkylation sites (tertiary alicyclic amines) is 1. The van der Waals surface area contributed by atoms with Gasteiger partial charge in [-0.15, -0.1) is 0 Å². The maximum absolute atomic E-state index is 13.9. The van der Waals surface area contributed by atoms with Crippen LogP contribution in [-0.4, -0.2) is 23.9 Å². The van der Waals surface area contributed by atoms with Crippen molar-refractivity contribution in [1.29, 1.82) is 0 Å². The van der Waals surface area contributed by atoms with Crippen molar-refractivity contribution < 1.29 is 9.18 Å². The molecule has 0 N–H and O–H groups in total. The molecule has 0 radical (unpaired) electrons. The third kappa shape index (κ3) is 2.63. The van der Waals surface area contributed by atoms with Gasteiger partial charge in [0.2, 0.25) is 0 Å². The van der Waals surface area contributed by atoms with Crippen LogP contribution in [0.4, 0.5) is 4.39 Å². The van der Waals surface area contributed by atoms with Crippen LogP contribution < -0.4 is 0 Å². The molecule has 2 nitrogen and oxygen atoms in total. The molecule has 1 amide bonds. The van der Waals surface area contributed by atoms with Crippen LogP contribution in [0.3, 0.4) is 0 Å². The second-order valence-electron chi connectivity index (χ2n) is 4.07. The molecule has 1 saturated heterocycles. The summed E-state index contributed by atoms with van der Waals surface area (Å²) in [6.07, 6.45) is 3.07. The number of carbonyl (C=O) groups excluding carboxylic acids is 1. The summed E-state index contributed by atoms with van der Waals surface area (Å²) in [4.78, 5) is 13.8. The van der Waals surface area contributed by atoms with Crippen molar-refractivity contribution in [2.45, 2.75) is 19.3 Å². The fourth-order valence-corrected chi connectivity index (χ4v) is 2.54. The Morgan fingerprint density at radius 2 is 1.94 bits per heavy atom. The number of hydrogen-bond acceptors (Lipinski definition) is 1. The smallest absolute Gasteiger partial charge is 0.258 e. The maximum Gasteiger partial charge on any atom is 0.258 e. The van der Waals surface area contributed by atoms with Gasteiger partial charge in [0.15, 0.2) is 5.82 Å². The summed E-state index contributed by atoms with van der Waals surface area (Å²) in [5, 5.41) is 0.168. The van der Waals surface area contributed by atoms with Crippen molar-refractivity contribution in [2.75, 3.05) is 13.1 Å². The molecule has 1 heterocycles. The zero-order chi connectivity index (χ0) is 12.4. The number of benzene rings is 1. The van der Waals surface area contributed by atoms with Gasteiger partial charge >= 0.3 is 0 Å². The molecule has 1 aliphatic heterocycles. The van der Waals surface area contributed by atoms with E-state index >= 15 is 0 Å². The Kier molecular flexibility index (Phi) is 4.05. The third-order valence-corrected chi connectivity index (χ3v) is 3.83.